The Hall–Kier alpha value is -2.35. The van der Waals surface area contributed by atoms with Gasteiger partial charge in [-0.3, -0.25) is 4.79 Å². The molecule has 0 radical (unpaired) electrons. The van der Waals surface area contributed by atoms with Crippen LogP contribution in [0.5, 0.6) is 0 Å². The fourth-order valence-corrected chi connectivity index (χ4v) is 1.43. The van der Waals surface area contributed by atoms with E-state index in [4.69, 9.17) is 5.26 Å². The molecule has 106 valence electrons. The summed E-state index contributed by atoms with van der Waals surface area (Å²) in [6.45, 7) is 5.93. The summed E-state index contributed by atoms with van der Waals surface area (Å²) in [5.41, 5.74) is 0.461. The Morgan fingerprint density at radius 3 is 2.45 bits per heavy atom. The Labute approximate surface area is 118 Å². The lowest BCUT2D eigenvalue weighted by molar-refractivity contribution is -0.118. The van der Waals surface area contributed by atoms with Crippen molar-refractivity contribution < 1.29 is 9.18 Å². The molecule has 2 N–H and O–H groups in total. The first-order valence-electron chi connectivity index (χ1n) is 6.22. The van der Waals surface area contributed by atoms with Crippen molar-refractivity contribution in [2.24, 2.45) is 0 Å². The van der Waals surface area contributed by atoms with Gasteiger partial charge in [-0.05, 0) is 38.5 Å². The lowest BCUT2D eigenvalue weighted by Crippen LogP contribution is -2.41. The van der Waals surface area contributed by atoms with E-state index in [2.05, 4.69) is 10.6 Å². The molecule has 0 saturated heterocycles. The number of nitrogens with one attached hydrogen (secondary N) is 2. The number of carbonyl (C=O) groups is 1. The zero-order valence-electron chi connectivity index (χ0n) is 11.8. The van der Waals surface area contributed by atoms with Crippen molar-refractivity contribution in [2.75, 3.05) is 0 Å². The van der Waals surface area contributed by atoms with E-state index in [1.807, 2.05) is 26.8 Å². The maximum Gasteiger partial charge on any atom is 0.263 e. The van der Waals surface area contributed by atoms with Crippen molar-refractivity contribution in [1.29, 1.82) is 5.26 Å². The highest BCUT2D eigenvalue weighted by atomic mass is 19.1. The summed E-state index contributed by atoms with van der Waals surface area (Å²) in [7, 11) is 0. The molecule has 0 aromatic heterocycles. The van der Waals surface area contributed by atoms with Crippen LogP contribution < -0.4 is 10.6 Å². The molecule has 0 heterocycles. The monoisotopic (exact) mass is 275 g/mol. The van der Waals surface area contributed by atoms with Crippen LogP contribution in [0.2, 0.25) is 0 Å². The van der Waals surface area contributed by atoms with E-state index >= 15 is 0 Å². The Morgan fingerprint density at radius 2 is 1.95 bits per heavy atom. The quantitative estimate of drug-likeness (QED) is 0.654. The van der Waals surface area contributed by atoms with Gasteiger partial charge in [0.2, 0.25) is 0 Å². The van der Waals surface area contributed by atoms with Crippen LogP contribution in [-0.2, 0) is 11.3 Å². The summed E-state index contributed by atoms with van der Waals surface area (Å²) in [6, 6.07) is 7.84. The van der Waals surface area contributed by atoms with Crippen molar-refractivity contribution in [1.82, 2.24) is 10.6 Å². The standard InChI is InChI=1S/C15H18FN3O/c1-15(2,3)19-14(20)12(8-17)10-18-9-11-4-6-13(16)7-5-11/h4-7,10,18H,9H2,1-3H3,(H,19,20)/b12-10-. The third-order valence-electron chi connectivity index (χ3n) is 2.32. The first-order valence-corrected chi connectivity index (χ1v) is 6.22. The normalized spacial score (nSPS) is 11.7. The second-order valence-corrected chi connectivity index (χ2v) is 5.38. The van der Waals surface area contributed by atoms with E-state index in [1.165, 1.54) is 18.3 Å². The lowest BCUT2D eigenvalue weighted by Gasteiger charge is -2.20. The molecule has 1 aromatic rings. The number of nitrogens with zero attached hydrogens (tertiary/aromatic N) is 1. The topological polar surface area (TPSA) is 64.9 Å². The average Bonchev–Trinajstić information content (AvgIpc) is 2.34. The van der Waals surface area contributed by atoms with Crippen LogP contribution in [0, 0.1) is 17.1 Å². The summed E-state index contributed by atoms with van der Waals surface area (Å²) in [6.07, 6.45) is 1.37. The molecule has 0 spiro atoms. The van der Waals surface area contributed by atoms with Gasteiger partial charge < -0.3 is 10.6 Å². The van der Waals surface area contributed by atoms with Crippen LogP contribution >= 0.6 is 0 Å². The van der Waals surface area contributed by atoms with E-state index < -0.39 is 11.4 Å². The second kappa shape index (κ2) is 6.71. The van der Waals surface area contributed by atoms with Gasteiger partial charge in [0.1, 0.15) is 17.5 Å². The van der Waals surface area contributed by atoms with Crippen molar-refractivity contribution in [3.05, 3.63) is 47.4 Å². The van der Waals surface area contributed by atoms with E-state index in [0.29, 0.717) is 6.54 Å². The first-order chi connectivity index (χ1) is 9.31. The number of hydrogen-bond donors (Lipinski definition) is 2. The predicted octanol–water partition coefficient (Wildman–Crippen LogP) is 2.24. The number of hydrogen-bond acceptors (Lipinski definition) is 3. The number of amides is 1. The van der Waals surface area contributed by atoms with E-state index in [9.17, 15) is 9.18 Å². The molecule has 1 rings (SSSR count). The molecule has 0 unspecified atom stereocenters. The smallest absolute Gasteiger partial charge is 0.263 e. The Morgan fingerprint density at radius 1 is 1.35 bits per heavy atom. The summed E-state index contributed by atoms with van der Waals surface area (Å²) in [5.74, 6) is -0.724. The van der Waals surface area contributed by atoms with Crippen molar-refractivity contribution in [3.8, 4) is 6.07 Å². The number of rotatable bonds is 4. The minimum absolute atomic E-state index is 0.00189. The molecular formula is C15H18FN3O. The second-order valence-electron chi connectivity index (χ2n) is 5.38. The van der Waals surface area contributed by atoms with Gasteiger partial charge in [-0.2, -0.15) is 5.26 Å². The maximum absolute atomic E-state index is 12.7. The van der Waals surface area contributed by atoms with Crippen molar-refractivity contribution in [3.63, 3.8) is 0 Å². The van der Waals surface area contributed by atoms with Crippen LogP contribution in [0.15, 0.2) is 36.0 Å². The molecule has 0 saturated carbocycles. The molecule has 0 aliphatic heterocycles. The van der Waals surface area contributed by atoms with Crippen molar-refractivity contribution >= 4 is 5.91 Å². The van der Waals surface area contributed by atoms with Gasteiger partial charge in [0.25, 0.3) is 5.91 Å². The molecule has 0 atom stereocenters. The molecule has 0 bridgehead atoms. The van der Waals surface area contributed by atoms with Gasteiger partial charge in [0.05, 0.1) is 0 Å². The number of nitriles is 1. The van der Waals surface area contributed by atoms with Gasteiger partial charge >= 0.3 is 0 Å². The van der Waals surface area contributed by atoms with Crippen LogP contribution in [0.25, 0.3) is 0 Å². The lowest BCUT2D eigenvalue weighted by atomic mass is 10.1. The summed E-state index contributed by atoms with van der Waals surface area (Å²) in [5, 5.41) is 14.5. The number of benzene rings is 1. The fraction of sp³-hybridized carbons (Fsp3) is 0.333. The summed E-state index contributed by atoms with van der Waals surface area (Å²) in [4.78, 5) is 11.8. The Bertz CT molecular complexity index is 536. The van der Waals surface area contributed by atoms with E-state index in [0.717, 1.165) is 5.56 Å². The van der Waals surface area contributed by atoms with Gasteiger partial charge in [0, 0.05) is 18.3 Å². The highest BCUT2D eigenvalue weighted by Crippen LogP contribution is 2.04. The Kier molecular flexibility index (Phi) is 5.27. The van der Waals surface area contributed by atoms with Crippen LogP contribution in [0.1, 0.15) is 26.3 Å². The summed E-state index contributed by atoms with van der Waals surface area (Å²) >= 11 is 0. The summed E-state index contributed by atoms with van der Waals surface area (Å²) < 4.78 is 12.7. The zero-order chi connectivity index (χ0) is 15.2. The van der Waals surface area contributed by atoms with Gasteiger partial charge in [-0.1, -0.05) is 12.1 Å². The van der Waals surface area contributed by atoms with E-state index in [1.54, 1.807) is 12.1 Å². The number of carbonyl (C=O) groups excluding carboxylic acids is 1. The van der Waals surface area contributed by atoms with Gasteiger partial charge in [0.15, 0.2) is 0 Å². The maximum atomic E-state index is 12.7. The molecule has 20 heavy (non-hydrogen) atoms. The molecule has 0 aliphatic rings. The average molecular weight is 275 g/mol. The molecule has 1 amide bonds. The molecule has 1 aromatic carbocycles. The minimum Gasteiger partial charge on any atom is -0.386 e. The SMILES string of the molecule is CC(C)(C)NC(=O)/C(C#N)=C\NCc1ccc(F)cc1. The van der Waals surface area contributed by atoms with Gasteiger partial charge in [-0.15, -0.1) is 0 Å². The third kappa shape index (κ3) is 5.53. The van der Waals surface area contributed by atoms with Crippen LogP contribution in [0.4, 0.5) is 4.39 Å². The molecule has 4 nitrogen and oxygen atoms in total. The Balaban J connectivity index is 2.60. The van der Waals surface area contributed by atoms with Gasteiger partial charge in [-0.25, -0.2) is 4.39 Å². The fourth-order valence-electron chi connectivity index (χ4n) is 1.43. The third-order valence-corrected chi connectivity index (χ3v) is 2.32. The van der Waals surface area contributed by atoms with Crippen LogP contribution in [-0.4, -0.2) is 11.4 Å². The first kappa shape index (κ1) is 15.7. The zero-order valence-corrected chi connectivity index (χ0v) is 11.8. The number of halogens is 1. The highest BCUT2D eigenvalue weighted by Gasteiger charge is 2.16. The van der Waals surface area contributed by atoms with Crippen molar-refractivity contribution in [2.45, 2.75) is 32.9 Å². The molecule has 0 aliphatic carbocycles. The highest BCUT2D eigenvalue weighted by molar-refractivity contribution is 5.97. The molecule has 0 fully saturated rings. The van der Waals surface area contributed by atoms with E-state index in [-0.39, 0.29) is 11.4 Å². The molecule has 5 heteroatoms. The minimum atomic E-state index is -0.424. The molecular weight excluding hydrogens is 257 g/mol. The van der Waals surface area contributed by atoms with Crippen LogP contribution in [0.3, 0.4) is 0 Å². The predicted molar refractivity (Wildman–Crippen MR) is 74.8 cm³/mol. The largest absolute Gasteiger partial charge is 0.386 e.